The minimum absolute atomic E-state index is 0.253. The lowest BCUT2D eigenvalue weighted by Crippen LogP contribution is -2.50. The summed E-state index contributed by atoms with van der Waals surface area (Å²) in [6, 6.07) is 6.26. The van der Waals surface area contributed by atoms with Gasteiger partial charge in [-0.2, -0.15) is 0 Å². The third-order valence-electron chi connectivity index (χ3n) is 3.57. The van der Waals surface area contributed by atoms with Crippen LogP contribution in [0.25, 0.3) is 0 Å². The molecule has 0 atom stereocenters. The van der Waals surface area contributed by atoms with Gasteiger partial charge in [0.05, 0.1) is 0 Å². The molecule has 2 amide bonds. The molecule has 1 aromatic carbocycles. The van der Waals surface area contributed by atoms with E-state index in [1.165, 1.54) is 27.0 Å². The average molecular weight is 306 g/mol. The molecule has 6 heteroatoms. The Kier molecular flexibility index (Phi) is 5.68. The zero-order valence-corrected chi connectivity index (χ0v) is 13.3. The van der Waals surface area contributed by atoms with Gasteiger partial charge in [-0.1, -0.05) is 13.0 Å². The highest BCUT2D eigenvalue weighted by Crippen LogP contribution is 2.17. The fourth-order valence-electron chi connectivity index (χ4n) is 1.73. The van der Waals surface area contributed by atoms with Crippen LogP contribution in [0.1, 0.15) is 47.9 Å². The maximum atomic E-state index is 12.4. The van der Waals surface area contributed by atoms with Crippen LogP contribution in [0.2, 0.25) is 0 Å². The van der Waals surface area contributed by atoms with Crippen LogP contribution in [0.3, 0.4) is 0 Å². The molecule has 1 aromatic rings. The van der Waals surface area contributed by atoms with Crippen molar-refractivity contribution < 1.29 is 19.5 Å². The van der Waals surface area contributed by atoms with E-state index in [-0.39, 0.29) is 11.5 Å². The van der Waals surface area contributed by atoms with Gasteiger partial charge in [0.25, 0.3) is 11.8 Å². The molecule has 120 valence electrons. The third kappa shape index (κ3) is 3.84. The van der Waals surface area contributed by atoms with Gasteiger partial charge in [0.15, 0.2) is 0 Å². The summed E-state index contributed by atoms with van der Waals surface area (Å²) in [5.41, 5.74) is -0.681. The average Bonchev–Trinajstić information content (AvgIpc) is 2.50. The Hall–Kier alpha value is -2.37. The van der Waals surface area contributed by atoms with Crippen molar-refractivity contribution in [3.05, 3.63) is 35.4 Å². The number of nitrogens with zero attached hydrogens (tertiary/aromatic N) is 1. The van der Waals surface area contributed by atoms with Gasteiger partial charge in [0, 0.05) is 24.7 Å². The van der Waals surface area contributed by atoms with Crippen molar-refractivity contribution >= 4 is 17.8 Å². The van der Waals surface area contributed by atoms with Crippen LogP contribution in [0, 0.1) is 0 Å². The number of hydrogen-bond donors (Lipinski definition) is 2. The van der Waals surface area contributed by atoms with E-state index in [0.717, 1.165) is 11.3 Å². The number of aliphatic carboxylic acids is 1. The molecule has 0 aliphatic carbocycles. The van der Waals surface area contributed by atoms with Crippen molar-refractivity contribution in [3.63, 3.8) is 0 Å². The molecule has 0 aromatic heterocycles. The van der Waals surface area contributed by atoms with Crippen molar-refractivity contribution in [1.82, 2.24) is 10.2 Å². The number of amides is 2. The van der Waals surface area contributed by atoms with Crippen molar-refractivity contribution in [3.8, 4) is 0 Å². The first-order valence-electron chi connectivity index (χ1n) is 7.11. The summed E-state index contributed by atoms with van der Waals surface area (Å²) < 4.78 is 0. The summed E-state index contributed by atoms with van der Waals surface area (Å²) >= 11 is 0. The Bertz CT molecular complexity index is 581. The number of benzene rings is 1. The van der Waals surface area contributed by atoms with Crippen LogP contribution >= 0.6 is 0 Å². The number of likely N-dealkylation sites (N-methyl/N-ethyl adjacent to an activating group) is 1. The van der Waals surface area contributed by atoms with E-state index in [9.17, 15) is 19.5 Å². The molecule has 0 spiro atoms. The lowest BCUT2D eigenvalue weighted by Gasteiger charge is -2.31. The largest absolute Gasteiger partial charge is 0.480 e. The van der Waals surface area contributed by atoms with E-state index in [2.05, 4.69) is 5.32 Å². The number of nitrogens with one attached hydrogen (secondary N) is 1. The summed E-state index contributed by atoms with van der Waals surface area (Å²) in [5.74, 6) is -1.80. The number of rotatable bonds is 6. The predicted molar refractivity (Wildman–Crippen MR) is 82.9 cm³/mol. The van der Waals surface area contributed by atoms with Gasteiger partial charge in [-0.15, -0.1) is 0 Å². The van der Waals surface area contributed by atoms with Crippen LogP contribution in [0.4, 0.5) is 0 Å². The minimum Gasteiger partial charge on any atom is -0.480 e. The van der Waals surface area contributed by atoms with Crippen LogP contribution in [-0.4, -0.2) is 46.9 Å². The molecule has 6 nitrogen and oxygen atoms in total. The van der Waals surface area contributed by atoms with Crippen LogP contribution in [-0.2, 0) is 4.79 Å². The second-order valence-electron chi connectivity index (χ2n) is 5.57. The molecule has 0 saturated heterocycles. The maximum Gasteiger partial charge on any atom is 0.329 e. The highest BCUT2D eigenvalue weighted by Gasteiger charge is 2.35. The number of carbonyl (C=O) groups excluding carboxylic acids is 2. The number of hydrogen-bond acceptors (Lipinski definition) is 3. The van der Waals surface area contributed by atoms with Gasteiger partial charge >= 0.3 is 5.97 Å². The van der Waals surface area contributed by atoms with Gasteiger partial charge in [0.2, 0.25) is 0 Å². The van der Waals surface area contributed by atoms with Gasteiger partial charge in [-0.3, -0.25) is 9.59 Å². The van der Waals surface area contributed by atoms with Crippen LogP contribution in [0.5, 0.6) is 0 Å². The standard InChI is InChI=1S/C16H22N2O4/c1-5-9-17-13(19)11-7-6-8-12(10-11)14(20)18(4)16(2,3)15(21)22/h6-8,10H,5,9H2,1-4H3,(H,17,19)(H,21,22). The topological polar surface area (TPSA) is 86.7 Å². The number of carbonyl (C=O) groups is 3. The molecule has 2 N–H and O–H groups in total. The van der Waals surface area contributed by atoms with Crippen molar-refractivity contribution in [1.29, 1.82) is 0 Å². The summed E-state index contributed by atoms with van der Waals surface area (Å²) in [7, 11) is 1.43. The van der Waals surface area contributed by atoms with Gasteiger partial charge in [-0.25, -0.2) is 4.79 Å². The zero-order valence-electron chi connectivity index (χ0n) is 13.3. The van der Waals surface area contributed by atoms with Crippen molar-refractivity contribution in [2.45, 2.75) is 32.7 Å². The summed E-state index contributed by atoms with van der Waals surface area (Å²) in [5, 5.41) is 11.9. The third-order valence-corrected chi connectivity index (χ3v) is 3.57. The monoisotopic (exact) mass is 306 g/mol. The van der Waals surface area contributed by atoms with E-state index in [0.29, 0.717) is 12.1 Å². The predicted octanol–water partition coefficient (Wildman–Crippen LogP) is 1.76. The Morgan fingerprint density at radius 2 is 1.82 bits per heavy atom. The Balaban J connectivity index is 3.00. The molecule has 1 rings (SSSR count). The molecule has 0 aliphatic rings. The first-order chi connectivity index (χ1) is 10.2. The zero-order chi connectivity index (χ0) is 16.9. The fourth-order valence-corrected chi connectivity index (χ4v) is 1.73. The maximum absolute atomic E-state index is 12.4. The Morgan fingerprint density at radius 1 is 1.23 bits per heavy atom. The number of carboxylic acids is 1. The first kappa shape index (κ1) is 17.7. The van der Waals surface area contributed by atoms with Gasteiger partial charge < -0.3 is 15.3 Å². The van der Waals surface area contributed by atoms with E-state index >= 15 is 0 Å². The van der Waals surface area contributed by atoms with Gasteiger partial charge in [0.1, 0.15) is 5.54 Å². The van der Waals surface area contributed by atoms with E-state index in [1.807, 2.05) is 6.92 Å². The quantitative estimate of drug-likeness (QED) is 0.838. The normalized spacial score (nSPS) is 10.9. The molecular weight excluding hydrogens is 284 g/mol. The summed E-state index contributed by atoms with van der Waals surface area (Å²) in [6.07, 6.45) is 0.819. The van der Waals surface area contributed by atoms with Crippen LogP contribution in [0.15, 0.2) is 24.3 Å². The molecule has 0 radical (unpaired) electrons. The van der Waals surface area contributed by atoms with E-state index in [1.54, 1.807) is 18.2 Å². The van der Waals surface area contributed by atoms with E-state index in [4.69, 9.17) is 0 Å². The lowest BCUT2D eigenvalue weighted by atomic mass is 10.0. The molecule has 0 aliphatic heterocycles. The lowest BCUT2D eigenvalue weighted by molar-refractivity contribution is -0.147. The fraction of sp³-hybridized carbons (Fsp3) is 0.438. The van der Waals surface area contributed by atoms with Gasteiger partial charge in [-0.05, 0) is 38.5 Å². The molecule has 0 saturated carbocycles. The molecule has 0 fully saturated rings. The minimum atomic E-state index is -1.34. The Labute approximate surface area is 130 Å². The summed E-state index contributed by atoms with van der Waals surface area (Å²) in [4.78, 5) is 36.7. The molecule has 0 unspecified atom stereocenters. The van der Waals surface area contributed by atoms with Crippen molar-refractivity contribution in [2.75, 3.05) is 13.6 Å². The molecular formula is C16H22N2O4. The molecule has 0 bridgehead atoms. The second kappa shape index (κ2) is 7.06. The van der Waals surface area contributed by atoms with Crippen molar-refractivity contribution in [2.24, 2.45) is 0 Å². The second-order valence-corrected chi connectivity index (χ2v) is 5.57. The molecule has 22 heavy (non-hydrogen) atoms. The Morgan fingerprint density at radius 3 is 2.36 bits per heavy atom. The van der Waals surface area contributed by atoms with Crippen LogP contribution < -0.4 is 5.32 Å². The highest BCUT2D eigenvalue weighted by molar-refractivity contribution is 6.01. The number of carboxylic acid groups (broad SMARTS) is 1. The van der Waals surface area contributed by atoms with E-state index < -0.39 is 17.4 Å². The molecule has 0 heterocycles. The first-order valence-corrected chi connectivity index (χ1v) is 7.11. The smallest absolute Gasteiger partial charge is 0.329 e. The highest BCUT2D eigenvalue weighted by atomic mass is 16.4. The SMILES string of the molecule is CCCNC(=O)c1cccc(C(=O)N(C)C(C)(C)C(=O)O)c1. The summed E-state index contributed by atoms with van der Waals surface area (Å²) in [6.45, 7) is 5.40.